The fraction of sp³-hybridized carbons (Fsp3) is 0.424. The summed E-state index contributed by atoms with van der Waals surface area (Å²) in [5, 5.41) is 1.34. The van der Waals surface area contributed by atoms with Gasteiger partial charge in [-0.2, -0.15) is 0 Å². The van der Waals surface area contributed by atoms with Gasteiger partial charge in [0.1, 0.15) is 11.5 Å². The quantitative estimate of drug-likeness (QED) is 0.274. The van der Waals surface area contributed by atoms with E-state index < -0.39 is 0 Å². The molecule has 2 heterocycles. The Bertz CT molecular complexity index is 1330. The molecule has 3 aromatic carbocycles. The summed E-state index contributed by atoms with van der Waals surface area (Å²) < 4.78 is 17.8. The van der Waals surface area contributed by atoms with Crippen LogP contribution in [0.15, 0.2) is 66.7 Å². The molecule has 2 saturated heterocycles. The SMILES string of the molecule is COc1ccccc1N1CCN(C(=O)COc2ccc([C@@H]3OC[C@@H](c4ccc(Cl)cc4Cl)C[C@H]3C(C)C)cc2)CC1. The average molecular weight is 598 g/mol. The standard InChI is InChI=1S/C33H38Cl2N2O4/c1-22(2)28-18-24(27-13-10-25(34)19-29(27)35)20-41-33(28)23-8-11-26(12-9-23)40-21-32(38)37-16-14-36(15-17-37)30-6-4-5-7-31(30)39-3/h4-13,19,22,24,28,33H,14-18,20-21H2,1-3H3/t24-,28-,33-/m0/s1. The first-order valence-electron chi connectivity index (χ1n) is 14.3. The molecule has 8 heteroatoms. The van der Waals surface area contributed by atoms with Gasteiger partial charge in [0, 0.05) is 42.1 Å². The number of hydrogen-bond acceptors (Lipinski definition) is 5. The highest BCUT2D eigenvalue weighted by molar-refractivity contribution is 6.35. The zero-order valence-electron chi connectivity index (χ0n) is 23.9. The van der Waals surface area contributed by atoms with Crippen molar-refractivity contribution in [3.8, 4) is 11.5 Å². The van der Waals surface area contributed by atoms with Crippen molar-refractivity contribution in [2.75, 3.05) is 51.4 Å². The molecule has 0 aromatic heterocycles. The topological polar surface area (TPSA) is 51.2 Å². The molecule has 41 heavy (non-hydrogen) atoms. The van der Waals surface area contributed by atoms with Crippen LogP contribution < -0.4 is 14.4 Å². The number of benzene rings is 3. The van der Waals surface area contributed by atoms with E-state index in [2.05, 4.69) is 36.9 Å². The molecule has 0 unspecified atom stereocenters. The molecule has 1 amide bonds. The third-order valence-corrected chi connectivity index (χ3v) is 8.87. The van der Waals surface area contributed by atoms with Crippen LogP contribution in [-0.2, 0) is 9.53 Å². The van der Waals surface area contributed by atoms with E-state index in [0.29, 0.717) is 47.3 Å². The first-order chi connectivity index (χ1) is 19.8. The minimum Gasteiger partial charge on any atom is -0.495 e. The number of halogens is 2. The van der Waals surface area contributed by atoms with Gasteiger partial charge >= 0.3 is 0 Å². The average Bonchev–Trinajstić information content (AvgIpc) is 3.00. The van der Waals surface area contributed by atoms with Crippen LogP contribution in [0.2, 0.25) is 10.0 Å². The summed E-state index contributed by atoms with van der Waals surface area (Å²) in [6, 6.07) is 21.7. The molecule has 0 N–H and O–H groups in total. The second-order valence-corrected chi connectivity index (χ2v) is 12.0. The maximum Gasteiger partial charge on any atom is 0.260 e. The van der Waals surface area contributed by atoms with Gasteiger partial charge in [0.25, 0.3) is 5.91 Å². The Balaban J connectivity index is 1.14. The molecule has 218 valence electrons. The lowest BCUT2D eigenvalue weighted by atomic mass is 9.76. The summed E-state index contributed by atoms with van der Waals surface area (Å²) >= 11 is 12.6. The zero-order chi connectivity index (χ0) is 28.9. The van der Waals surface area contributed by atoms with E-state index in [4.69, 9.17) is 37.4 Å². The number of carbonyl (C=O) groups is 1. The predicted molar refractivity (Wildman–Crippen MR) is 165 cm³/mol. The maximum absolute atomic E-state index is 12.9. The van der Waals surface area contributed by atoms with Gasteiger partial charge in [-0.25, -0.2) is 0 Å². The number of amides is 1. The normalized spacial score (nSPS) is 21.2. The van der Waals surface area contributed by atoms with Crippen molar-refractivity contribution in [1.29, 1.82) is 0 Å². The number of piperazine rings is 1. The van der Waals surface area contributed by atoms with Gasteiger partial charge in [-0.3, -0.25) is 4.79 Å². The summed E-state index contributed by atoms with van der Waals surface area (Å²) in [6.45, 7) is 7.92. The highest BCUT2D eigenvalue weighted by atomic mass is 35.5. The highest BCUT2D eigenvalue weighted by Gasteiger charge is 2.35. The van der Waals surface area contributed by atoms with Crippen LogP contribution in [-0.4, -0.2) is 57.3 Å². The van der Waals surface area contributed by atoms with Crippen molar-refractivity contribution >= 4 is 34.8 Å². The van der Waals surface area contributed by atoms with E-state index in [1.54, 1.807) is 13.2 Å². The molecule has 3 atom stereocenters. The van der Waals surface area contributed by atoms with Gasteiger partial charge in [-0.15, -0.1) is 0 Å². The Morgan fingerprint density at radius 2 is 1.73 bits per heavy atom. The molecule has 0 spiro atoms. The first-order valence-corrected chi connectivity index (χ1v) is 15.0. The van der Waals surface area contributed by atoms with E-state index in [9.17, 15) is 4.79 Å². The van der Waals surface area contributed by atoms with E-state index in [-0.39, 0.29) is 24.5 Å². The second kappa shape index (κ2) is 13.4. The molecule has 6 nitrogen and oxygen atoms in total. The van der Waals surface area contributed by atoms with Crippen LogP contribution in [0.1, 0.15) is 43.4 Å². The lowest BCUT2D eigenvalue weighted by Crippen LogP contribution is -2.50. The van der Waals surface area contributed by atoms with E-state index in [0.717, 1.165) is 42.1 Å². The van der Waals surface area contributed by atoms with Gasteiger partial charge in [-0.1, -0.05) is 67.4 Å². The van der Waals surface area contributed by atoms with Crippen LogP contribution in [0.4, 0.5) is 5.69 Å². The van der Waals surface area contributed by atoms with E-state index >= 15 is 0 Å². The van der Waals surface area contributed by atoms with Gasteiger partial charge in [0.2, 0.25) is 0 Å². The Kier molecular flexibility index (Phi) is 9.64. The number of ether oxygens (including phenoxy) is 3. The summed E-state index contributed by atoms with van der Waals surface area (Å²) in [5.41, 5.74) is 3.27. The molecule has 0 radical (unpaired) electrons. The fourth-order valence-corrected chi connectivity index (χ4v) is 6.52. The monoisotopic (exact) mass is 596 g/mol. The summed E-state index contributed by atoms with van der Waals surface area (Å²) in [6.07, 6.45) is 0.980. The smallest absolute Gasteiger partial charge is 0.260 e. The van der Waals surface area contributed by atoms with Gasteiger partial charge in [0.05, 0.1) is 25.5 Å². The van der Waals surface area contributed by atoms with Crippen molar-refractivity contribution in [3.63, 3.8) is 0 Å². The lowest BCUT2D eigenvalue weighted by Gasteiger charge is -2.39. The van der Waals surface area contributed by atoms with Crippen molar-refractivity contribution in [2.24, 2.45) is 11.8 Å². The Morgan fingerprint density at radius 1 is 1.00 bits per heavy atom. The summed E-state index contributed by atoms with van der Waals surface area (Å²) in [4.78, 5) is 17.0. The van der Waals surface area contributed by atoms with Crippen molar-refractivity contribution in [1.82, 2.24) is 4.90 Å². The van der Waals surface area contributed by atoms with Crippen LogP contribution in [0.5, 0.6) is 11.5 Å². The van der Waals surface area contributed by atoms with Gasteiger partial charge in [0.15, 0.2) is 6.61 Å². The number of anilines is 1. The van der Waals surface area contributed by atoms with E-state index in [1.165, 1.54) is 0 Å². The molecule has 3 aromatic rings. The minimum absolute atomic E-state index is 0.00357. The van der Waals surface area contributed by atoms with Crippen LogP contribution in [0.3, 0.4) is 0 Å². The van der Waals surface area contributed by atoms with Crippen LogP contribution in [0.25, 0.3) is 0 Å². The Morgan fingerprint density at radius 3 is 2.41 bits per heavy atom. The van der Waals surface area contributed by atoms with Gasteiger partial charge in [-0.05, 0) is 65.8 Å². The molecule has 5 rings (SSSR count). The number of nitrogens with zero attached hydrogens (tertiary/aromatic N) is 2. The number of rotatable bonds is 8. The minimum atomic E-state index is -0.00691. The van der Waals surface area contributed by atoms with Crippen molar-refractivity contribution in [2.45, 2.75) is 32.3 Å². The molecule has 2 aliphatic heterocycles. The highest BCUT2D eigenvalue weighted by Crippen LogP contribution is 2.45. The molecule has 0 saturated carbocycles. The van der Waals surface area contributed by atoms with Crippen LogP contribution in [0, 0.1) is 11.8 Å². The molecule has 0 aliphatic carbocycles. The molecule has 2 aliphatic rings. The molecular formula is C33H38Cl2N2O4. The third-order valence-electron chi connectivity index (χ3n) is 8.31. The molecular weight excluding hydrogens is 559 g/mol. The number of carbonyl (C=O) groups excluding carboxylic acids is 1. The third kappa shape index (κ3) is 6.94. The molecule has 0 bridgehead atoms. The largest absolute Gasteiger partial charge is 0.495 e. The van der Waals surface area contributed by atoms with Gasteiger partial charge < -0.3 is 24.0 Å². The van der Waals surface area contributed by atoms with E-state index in [1.807, 2.05) is 47.4 Å². The second-order valence-electron chi connectivity index (χ2n) is 11.2. The predicted octanol–water partition coefficient (Wildman–Crippen LogP) is 7.25. The van der Waals surface area contributed by atoms with Crippen molar-refractivity contribution < 1.29 is 19.0 Å². The first kappa shape index (κ1) is 29.6. The fourth-order valence-electron chi connectivity index (χ4n) is 5.96. The Hall–Kier alpha value is -2.93. The number of methoxy groups -OCH3 is 1. The van der Waals surface area contributed by atoms with Crippen LogP contribution >= 0.6 is 23.2 Å². The maximum atomic E-state index is 12.9. The summed E-state index contributed by atoms with van der Waals surface area (Å²) in [7, 11) is 1.68. The number of hydrogen-bond donors (Lipinski definition) is 0. The lowest BCUT2D eigenvalue weighted by molar-refractivity contribution is -0.133. The van der Waals surface area contributed by atoms with Crippen molar-refractivity contribution in [3.05, 3.63) is 87.9 Å². The zero-order valence-corrected chi connectivity index (χ0v) is 25.4. The number of para-hydroxylation sites is 2. The Labute approximate surface area is 253 Å². The molecule has 2 fully saturated rings. The summed E-state index contributed by atoms with van der Waals surface area (Å²) in [5.74, 6) is 2.53.